The Morgan fingerprint density at radius 1 is 1.62 bits per heavy atom. The van der Waals surface area contributed by atoms with Gasteiger partial charge in [-0.1, -0.05) is 0 Å². The number of amides is 1. The molecule has 0 aliphatic carbocycles. The van der Waals surface area contributed by atoms with Gasteiger partial charge in [-0.05, 0) is 6.42 Å². The number of nitrogens with one attached hydrogen (secondary N) is 1. The van der Waals surface area contributed by atoms with E-state index in [9.17, 15) is 4.79 Å². The van der Waals surface area contributed by atoms with E-state index in [0.717, 1.165) is 0 Å². The molecule has 0 aliphatic rings. The van der Waals surface area contributed by atoms with Gasteiger partial charge in [0, 0.05) is 26.7 Å². The molecule has 0 fully saturated rings. The van der Waals surface area contributed by atoms with E-state index in [1.54, 1.807) is 0 Å². The van der Waals surface area contributed by atoms with Crippen LogP contribution < -0.4 is 5.32 Å². The summed E-state index contributed by atoms with van der Waals surface area (Å²) >= 11 is 0. The van der Waals surface area contributed by atoms with Crippen molar-refractivity contribution >= 4 is 5.91 Å². The van der Waals surface area contributed by atoms with Crippen molar-refractivity contribution < 1.29 is 19.7 Å². The smallest absolute Gasteiger partial charge is 0.220 e. The van der Waals surface area contributed by atoms with Crippen molar-refractivity contribution in [1.29, 1.82) is 0 Å². The number of aliphatic hydroxyl groups excluding tert-OH is 2. The van der Waals surface area contributed by atoms with E-state index >= 15 is 0 Å². The third kappa shape index (κ3) is 7.70. The van der Waals surface area contributed by atoms with Gasteiger partial charge in [-0.25, -0.2) is 0 Å². The second-order valence-electron chi connectivity index (χ2n) is 2.74. The molecule has 0 aliphatic heterocycles. The van der Waals surface area contributed by atoms with Crippen LogP contribution in [-0.4, -0.2) is 49.1 Å². The minimum atomic E-state index is -0.664. The Labute approximate surface area is 77.7 Å². The van der Waals surface area contributed by atoms with Gasteiger partial charge in [0.15, 0.2) is 0 Å². The quantitative estimate of drug-likeness (QED) is 0.476. The molecular formula is C8H17NO4. The van der Waals surface area contributed by atoms with Gasteiger partial charge in [-0.2, -0.15) is 0 Å². The number of rotatable bonds is 7. The molecule has 1 unspecified atom stereocenters. The molecule has 0 aromatic carbocycles. The van der Waals surface area contributed by atoms with Crippen molar-refractivity contribution in [3.05, 3.63) is 0 Å². The van der Waals surface area contributed by atoms with Crippen molar-refractivity contribution in [3.8, 4) is 0 Å². The summed E-state index contributed by atoms with van der Waals surface area (Å²) < 4.78 is 4.68. The van der Waals surface area contributed by atoms with Gasteiger partial charge in [-0.15, -0.1) is 0 Å². The fourth-order valence-electron chi connectivity index (χ4n) is 0.811. The molecule has 0 heterocycles. The zero-order valence-electron chi connectivity index (χ0n) is 7.82. The van der Waals surface area contributed by atoms with E-state index < -0.39 is 6.10 Å². The number of aliphatic hydroxyl groups is 2. The molecule has 13 heavy (non-hydrogen) atoms. The highest BCUT2D eigenvalue weighted by atomic mass is 16.5. The van der Waals surface area contributed by atoms with Crippen LogP contribution in [0.4, 0.5) is 0 Å². The molecule has 0 aromatic rings. The van der Waals surface area contributed by atoms with Gasteiger partial charge in [-0.3, -0.25) is 4.79 Å². The Balaban J connectivity index is 3.34. The van der Waals surface area contributed by atoms with E-state index in [4.69, 9.17) is 10.2 Å². The van der Waals surface area contributed by atoms with Gasteiger partial charge in [0.2, 0.25) is 5.91 Å². The average molecular weight is 191 g/mol. The molecule has 0 radical (unpaired) electrons. The fraction of sp³-hybridized carbons (Fsp3) is 0.875. The zero-order valence-corrected chi connectivity index (χ0v) is 7.82. The van der Waals surface area contributed by atoms with Gasteiger partial charge in [0.25, 0.3) is 0 Å². The Hall–Kier alpha value is -0.650. The molecule has 1 amide bonds. The molecule has 78 valence electrons. The summed E-state index contributed by atoms with van der Waals surface area (Å²) in [5.74, 6) is -0.163. The van der Waals surface area contributed by atoms with Gasteiger partial charge >= 0.3 is 0 Å². The first-order chi connectivity index (χ1) is 6.20. The van der Waals surface area contributed by atoms with Gasteiger partial charge in [0.1, 0.15) is 0 Å². The first-order valence-corrected chi connectivity index (χ1v) is 4.25. The Morgan fingerprint density at radius 2 is 2.31 bits per heavy atom. The minimum Gasteiger partial charge on any atom is -0.396 e. The summed E-state index contributed by atoms with van der Waals surface area (Å²) in [5, 5.41) is 20.1. The fourth-order valence-corrected chi connectivity index (χ4v) is 0.811. The lowest BCUT2D eigenvalue weighted by Gasteiger charge is -2.10. The number of carbonyl (C=O) groups excluding carboxylic acids is 1. The van der Waals surface area contributed by atoms with E-state index in [-0.39, 0.29) is 32.1 Å². The Kier molecular flexibility index (Phi) is 7.57. The zero-order chi connectivity index (χ0) is 10.1. The normalized spacial score (nSPS) is 12.5. The van der Waals surface area contributed by atoms with Crippen LogP contribution in [0.1, 0.15) is 12.8 Å². The molecule has 3 N–H and O–H groups in total. The highest BCUT2D eigenvalue weighted by molar-refractivity contribution is 5.75. The SMILES string of the molecule is COCC(O)CNC(=O)CCCO. The average Bonchev–Trinajstić information content (AvgIpc) is 2.12. The van der Waals surface area contributed by atoms with Crippen molar-refractivity contribution in [1.82, 2.24) is 5.32 Å². The van der Waals surface area contributed by atoms with Crippen LogP contribution in [0.5, 0.6) is 0 Å². The number of carbonyl (C=O) groups is 1. The van der Waals surface area contributed by atoms with Crippen LogP contribution in [0.3, 0.4) is 0 Å². The van der Waals surface area contributed by atoms with E-state index in [2.05, 4.69) is 10.1 Å². The molecule has 0 saturated heterocycles. The van der Waals surface area contributed by atoms with Gasteiger partial charge < -0.3 is 20.3 Å². The molecule has 0 saturated carbocycles. The second kappa shape index (κ2) is 7.97. The number of hydrogen-bond acceptors (Lipinski definition) is 4. The number of methoxy groups -OCH3 is 1. The predicted molar refractivity (Wildman–Crippen MR) is 47.2 cm³/mol. The molecule has 0 bridgehead atoms. The highest BCUT2D eigenvalue weighted by Crippen LogP contribution is 1.87. The predicted octanol–water partition coefficient (Wildman–Crippen LogP) is -1.12. The summed E-state index contributed by atoms with van der Waals surface area (Å²) in [6, 6.07) is 0. The summed E-state index contributed by atoms with van der Waals surface area (Å²) in [7, 11) is 1.48. The first-order valence-electron chi connectivity index (χ1n) is 4.25. The summed E-state index contributed by atoms with van der Waals surface area (Å²) in [6.07, 6.45) is 0.0747. The third-order valence-electron chi connectivity index (χ3n) is 1.46. The summed E-state index contributed by atoms with van der Waals surface area (Å²) in [5.41, 5.74) is 0. The van der Waals surface area contributed by atoms with Crippen molar-refractivity contribution in [2.24, 2.45) is 0 Å². The molecule has 0 rings (SSSR count). The van der Waals surface area contributed by atoms with Crippen LogP contribution in [0.15, 0.2) is 0 Å². The highest BCUT2D eigenvalue weighted by Gasteiger charge is 2.05. The lowest BCUT2D eigenvalue weighted by molar-refractivity contribution is -0.122. The van der Waals surface area contributed by atoms with Crippen molar-refractivity contribution in [2.45, 2.75) is 18.9 Å². The largest absolute Gasteiger partial charge is 0.396 e. The molecule has 0 spiro atoms. The Bertz CT molecular complexity index is 140. The molecule has 5 heteroatoms. The lowest BCUT2D eigenvalue weighted by Crippen LogP contribution is -2.34. The number of ether oxygens (including phenoxy) is 1. The Morgan fingerprint density at radius 3 is 2.85 bits per heavy atom. The van der Waals surface area contributed by atoms with Gasteiger partial charge in [0.05, 0.1) is 12.7 Å². The van der Waals surface area contributed by atoms with Crippen LogP contribution >= 0.6 is 0 Å². The van der Waals surface area contributed by atoms with Crippen LogP contribution in [0.2, 0.25) is 0 Å². The molecule has 5 nitrogen and oxygen atoms in total. The first kappa shape index (κ1) is 12.3. The van der Waals surface area contributed by atoms with Crippen molar-refractivity contribution in [3.63, 3.8) is 0 Å². The maximum absolute atomic E-state index is 10.9. The standard InChI is InChI=1S/C8H17NO4/c1-13-6-7(11)5-9-8(12)3-2-4-10/h7,10-11H,2-6H2,1H3,(H,9,12). The lowest BCUT2D eigenvalue weighted by atomic mass is 10.3. The van der Waals surface area contributed by atoms with Crippen molar-refractivity contribution in [2.75, 3.05) is 26.9 Å². The minimum absolute atomic E-state index is 0.00798. The number of hydrogen-bond donors (Lipinski definition) is 3. The van der Waals surface area contributed by atoms with Crippen LogP contribution in [-0.2, 0) is 9.53 Å². The van der Waals surface area contributed by atoms with Crippen LogP contribution in [0.25, 0.3) is 0 Å². The maximum Gasteiger partial charge on any atom is 0.220 e. The molecular weight excluding hydrogens is 174 g/mol. The maximum atomic E-state index is 10.9. The molecule has 1 atom stereocenters. The van der Waals surface area contributed by atoms with E-state index in [1.165, 1.54) is 7.11 Å². The van der Waals surface area contributed by atoms with E-state index in [0.29, 0.717) is 6.42 Å². The summed E-state index contributed by atoms with van der Waals surface area (Å²) in [6.45, 7) is 0.409. The summed E-state index contributed by atoms with van der Waals surface area (Å²) in [4.78, 5) is 10.9. The monoisotopic (exact) mass is 191 g/mol. The second-order valence-corrected chi connectivity index (χ2v) is 2.74. The molecule has 0 aromatic heterocycles. The van der Waals surface area contributed by atoms with E-state index in [1.807, 2.05) is 0 Å². The third-order valence-corrected chi connectivity index (χ3v) is 1.46. The van der Waals surface area contributed by atoms with Crippen LogP contribution in [0, 0.1) is 0 Å². The topological polar surface area (TPSA) is 78.8 Å².